The molecule has 0 aromatic heterocycles. The molecule has 1 nitrogen and oxygen atoms in total. The van der Waals surface area contributed by atoms with E-state index in [1.54, 1.807) is 11.1 Å². The van der Waals surface area contributed by atoms with Crippen LogP contribution in [0.25, 0.3) is 32.7 Å². The van der Waals surface area contributed by atoms with E-state index < -0.39 is 0 Å². The van der Waals surface area contributed by atoms with E-state index in [1.807, 2.05) is 0 Å². The summed E-state index contributed by atoms with van der Waals surface area (Å²) in [4.78, 5) is 0. The minimum Gasteiger partial charge on any atom is -0.456 e. The number of rotatable bonds is 6. The average Bonchev–Trinajstić information content (AvgIpc) is 3.23. The summed E-state index contributed by atoms with van der Waals surface area (Å²) in [6, 6.07) is 20.7. The number of hydrogen-bond donors (Lipinski definition) is 0. The minimum absolute atomic E-state index is 0.0303. The van der Waals surface area contributed by atoms with Crippen molar-refractivity contribution in [2.75, 3.05) is 0 Å². The second-order valence-corrected chi connectivity index (χ2v) is 13.8. The number of benzene rings is 4. The first-order chi connectivity index (χ1) is 19.8. The first-order valence-electron chi connectivity index (χ1n) is 16.0. The lowest BCUT2D eigenvalue weighted by atomic mass is 9.64. The zero-order valence-corrected chi connectivity index (χ0v) is 25.9. The van der Waals surface area contributed by atoms with Gasteiger partial charge in [-0.05, 0) is 99.9 Å². The van der Waals surface area contributed by atoms with Gasteiger partial charge in [0.05, 0.1) is 0 Å². The molecule has 0 bridgehead atoms. The quantitative estimate of drug-likeness (QED) is 0.208. The molecule has 3 aliphatic rings. The van der Waals surface area contributed by atoms with Crippen molar-refractivity contribution in [3.05, 3.63) is 94.6 Å². The van der Waals surface area contributed by atoms with Crippen LogP contribution in [0.5, 0.6) is 11.5 Å². The average molecular weight is 541 g/mol. The molecule has 0 radical (unpaired) electrons. The lowest BCUT2D eigenvalue weighted by Gasteiger charge is -2.38. The SMILES string of the molecule is CCC(CC)C1=CC2(CC(C(CC)CC)=C1)c1ccc3cccc4c3c1-c1c(cc3c(C(C)(C)C)cccc3c12)O4. The maximum Gasteiger partial charge on any atom is 0.136 e. The third-order valence-corrected chi connectivity index (χ3v) is 10.6. The fourth-order valence-corrected chi connectivity index (χ4v) is 8.53. The van der Waals surface area contributed by atoms with Gasteiger partial charge in [0.1, 0.15) is 11.5 Å². The van der Waals surface area contributed by atoms with Crippen molar-refractivity contribution >= 4 is 21.5 Å². The van der Waals surface area contributed by atoms with Crippen LogP contribution in [-0.4, -0.2) is 0 Å². The summed E-state index contributed by atoms with van der Waals surface area (Å²) in [5, 5.41) is 5.30. The zero-order chi connectivity index (χ0) is 28.7. The normalized spacial score (nSPS) is 19.0. The van der Waals surface area contributed by atoms with Crippen molar-refractivity contribution in [2.24, 2.45) is 11.8 Å². The van der Waals surface area contributed by atoms with Gasteiger partial charge in [-0.1, -0.05) is 109 Å². The third kappa shape index (κ3) is 3.67. The van der Waals surface area contributed by atoms with Gasteiger partial charge in [-0.2, -0.15) is 0 Å². The Morgan fingerprint density at radius 2 is 1.51 bits per heavy atom. The molecule has 2 aliphatic carbocycles. The summed E-state index contributed by atoms with van der Waals surface area (Å²) < 4.78 is 6.87. The van der Waals surface area contributed by atoms with E-state index in [1.165, 1.54) is 75.0 Å². The lowest BCUT2D eigenvalue weighted by molar-refractivity contribution is 0.484. The van der Waals surface area contributed by atoms with Crippen molar-refractivity contribution in [2.45, 2.75) is 91.4 Å². The van der Waals surface area contributed by atoms with Crippen LogP contribution in [0.15, 0.2) is 77.9 Å². The van der Waals surface area contributed by atoms with Gasteiger partial charge in [-0.25, -0.2) is 0 Å². The maximum atomic E-state index is 6.87. The van der Waals surface area contributed by atoms with E-state index in [-0.39, 0.29) is 10.8 Å². The molecule has 1 spiro atoms. The predicted octanol–water partition coefficient (Wildman–Crippen LogP) is 11.8. The summed E-state index contributed by atoms with van der Waals surface area (Å²) in [7, 11) is 0. The van der Waals surface area contributed by atoms with Crippen LogP contribution >= 0.6 is 0 Å². The van der Waals surface area contributed by atoms with Gasteiger partial charge in [-0.15, -0.1) is 0 Å². The second kappa shape index (κ2) is 9.35. The van der Waals surface area contributed by atoms with Gasteiger partial charge >= 0.3 is 0 Å². The van der Waals surface area contributed by atoms with Crippen LogP contribution in [0.4, 0.5) is 0 Å². The maximum absolute atomic E-state index is 6.87. The van der Waals surface area contributed by atoms with E-state index in [2.05, 4.69) is 115 Å². The number of ether oxygens (including phenoxy) is 1. The zero-order valence-electron chi connectivity index (χ0n) is 25.9. The Labute approximate surface area is 246 Å². The predicted molar refractivity (Wildman–Crippen MR) is 175 cm³/mol. The molecule has 0 fully saturated rings. The third-order valence-electron chi connectivity index (χ3n) is 10.6. The molecule has 4 aromatic carbocycles. The summed E-state index contributed by atoms with van der Waals surface area (Å²) in [6.07, 6.45) is 11.1. The molecule has 41 heavy (non-hydrogen) atoms. The second-order valence-electron chi connectivity index (χ2n) is 13.8. The Balaban J connectivity index is 1.66. The highest BCUT2D eigenvalue weighted by molar-refractivity contribution is 6.13. The first-order valence-corrected chi connectivity index (χ1v) is 16.0. The molecule has 1 heteroatoms. The molecule has 4 aromatic rings. The first kappa shape index (κ1) is 26.6. The van der Waals surface area contributed by atoms with E-state index in [0.29, 0.717) is 11.8 Å². The Bertz CT molecular complexity index is 1770. The molecule has 210 valence electrons. The van der Waals surface area contributed by atoms with Crippen molar-refractivity contribution in [1.82, 2.24) is 0 Å². The molecule has 0 saturated carbocycles. The van der Waals surface area contributed by atoms with Gasteiger partial charge in [-0.3, -0.25) is 0 Å². The summed E-state index contributed by atoms with van der Waals surface area (Å²) in [6.45, 7) is 16.5. The molecule has 1 atom stereocenters. The molecule has 0 amide bonds. The molecule has 0 saturated heterocycles. The summed E-state index contributed by atoms with van der Waals surface area (Å²) >= 11 is 0. The molecular weight excluding hydrogens is 496 g/mol. The highest BCUT2D eigenvalue weighted by Crippen LogP contribution is 2.65. The van der Waals surface area contributed by atoms with Crippen LogP contribution in [0.3, 0.4) is 0 Å². The lowest BCUT2D eigenvalue weighted by Crippen LogP contribution is -2.29. The standard InChI is InChI=1S/C40H44O/c1-8-24(9-2)27-20-28(25(10-3)11-4)23-40(22-27)32-19-18-26-14-12-17-33-35(26)36(32)37-34(41-33)21-30-29(38(37)40)15-13-16-31(30)39(5,6)7/h12-22,24-25H,8-11,23H2,1-7H3. The highest BCUT2D eigenvalue weighted by atomic mass is 16.5. The Morgan fingerprint density at radius 1 is 0.780 bits per heavy atom. The molecule has 7 rings (SSSR count). The Morgan fingerprint density at radius 3 is 2.22 bits per heavy atom. The van der Waals surface area contributed by atoms with Gasteiger partial charge in [0.2, 0.25) is 0 Å². The molecule has 1 aliphatic heterocycles. The van der Waals surface area contributed by atoms with Crippen molar-refractivity contribution in [3.8, 4) is 22.6 Å². The van der Waals surface area contributed by atoms with Crippen LogP contribution in [0, 0.1) is 11.8 Å². The molecule has 1 heterocycles. The minimum atomic E-state index is -0.199. The van der Waals surface area contributed by atoms with Gasteiger partial charge in [0, 0.05) is 21.9 Å². The van der Waals surface area contributed by atoms with Crippen LogP contribution in [0.1, 0.15) is 97.3 Å². The van der Waals surface area contributed by atoms with Crippen molar-refractivity contribution < 1.29 is 4.74 Å². The Kier molecular flexibility index (Phi) is 6.06. The van der Waals surface area contributed by atoms with E-state index in [4.69, 9.17) is 4.74 Å². The fraction of sp³-hybridized carbons (Fsp3) is 0.400. The molecular formula is C40H44O. The Hall–Kier alpha value is -3.32. The number of fused-ring (bicyclic) bond motifs is 4. The van der Waals surface area contributed by atoms with Crippen LogP contribution in [0.2, 0.25) is 0 Å². The highest BCUT2D eigenvalue weighted by Gasteiger charge is 2.49. The topological polar surface area (TPSA) is 9.23 Å². The van der Waals surface area contributed by atoms with E-state index >= 15 is 0 Å². The van der Waals surface area contributed by atoms with Crippen molar-refractivity contribution in [1.29, 1.82) is 0 Å². The van der Waals surface area contributed by atoms with Gasteiger partial charge in [0.25, 0.3) is 0 Å². The summed E-state index contributed by atoms with van der Waals surface area (Å²) in [5.74, 6) is 3.21. The molecule has 1 unspecified atom stereocenters. The number of allylic oxidation sites excluding steroid dienone is 4. The summed E-state index contributed by atoms with van der Waals surface area (Å²) in [5.41, 5.74) is 10.1. The smallest absolute Gasteiger partial charge is 0.136 e. The van der Waals surface area contributed by atoms with E-state index in [0.717, 1.165) is 17.9 Å². The van der Waals surface area contributed by atoms with Gasteiger partial charge < -0.3 is 4.74 Å². The fourth-order valence-electron chi connectivity index (χ4n) is 8.53. The van der Waals surface area contributed by atoms with Crippen LogP contribution < -0.4 is 4.74 Å². The van der Waals surface area contributed by atoms with Gasteiger partial charge in [0.15, 0.2) is 0 Å². The van der Waals surface area contributed by atoms with Crippen LogP contribution in [-0.2, 0) is 10.8 Å². The largest absolute Gasteiger partial charge is 0.456 e. The number of hydrogen-bond acceptors (Lipinski definition) is 1. The molecule has 0 N–H and O–H groups in total. The van der Waals surface area contributed by atoms with E-state index in [9.17, 15) is 0 Å². The monoisotopic (exact) mass is 540 g/mol. The van der Waals surface area contributed by atoms with Crippen molar-refractivity contribution in [3.63, 3.8) is 0 Å².